The molecule has 1 saturated heterocycles. The molecule has 3 atom stereocenters. The Kier molecular flexibility index (Phi) is 5.11. The summed E-state index contributed by atoms with van der Waals surface area (Å²) in [6.07, 6.45) is 2.63. The molecule has 22 heavy (non-hydrogen) atoms. The number of amides is 1. The van der Waals surface area contributed by atoms with E-state index in [1.54, 1.807) is 6.92 Å². The molecule has 120 valence electrons. The molecule has 0 aromatic heterocycles. The Morgan fingerprint density at radius 3 is 2.77 bits per heavy atom. The third-order valence-corrected chi connectivity index (χ3v) is 5.09. The fraction of sp³-hybridized carbons (Fsp3) is 0.611. The Balaban J connectivity index is 1.45. The largest absolute Gasteiger partial charge is 0.355 e. The number of nitrogens with one attached hydrogen (secondary N) is 2. The van der Waals surface area contributed by atoms with Gasteiger partial charge in [-0.2, -0.15) is 0 Å². The van der Waals surface area contributed by atoms with E-state index in [4.69, 9.17) is 0 Å². The molecule has 4 nitrogen and oxygen atoms in total. The molecule has 2 aliphatic rings. The van der Waals surface area contributed by atoms with Gasteiger partial charge in [-0.3, -0.25) is 9.69 Å². The van der Waals surface area contributed by atoms with Crippen LogP contribution in [0.2, 0.25) is 0 Å². The molecule has 0 radical (unpaired) electrons. The molecule has 2 fully saturated rings. The lowest BCUT2D eigenvalue weighted by molar-refractivity contribution is -0.118. The second kappa shape index (κ2) is 7.25. The quantitative estimate of drug-likeness (QED) is 0.785. The summed E-state index contributed by atoms with van der Waals surface area (Å²) in [5, 5.41) is 6.51. The monoisotopic (exact) mass is 301 g/mol. The van der Waals surface area contributed by atoms with Crippen molar-refractivity contribution in [2.24, 2.45) is 11.8 Å². The summed E-state index contributed by atoms with van der Waals surface area (Å²) in [5.41, 5.74) is 1.41. The van der Waals surface area contributed by atoms with Crippen molar-refractivity contribution in [2.45, 2.75) is 32.4 Å². The van der Waals surface area contributed by atoms with Crippen molar-refractivity contribution in [1.82, 2.24) is 15.5 Å². The molecule has 3 rings (SSSR count). The van der Waals surface area contributed by atoms with Gasteiger partial charge in [-0.25, -0.2) is 0 Å². The number of rotatable bonds is 6. The van der Waals surface area contributed by atoms with Crippen LogP contribution >= 0.6 is 0 Å². The highest BCUT2D eigenvalue weighted by molar-refractivity contribution is 5.72. The average molecular weight is 301 g/mol. The van der Waals surface area contributed by atoms with Gasteiger partial charge in [-0.15, -0.1) is 0 Å². The van der Waals surface area contributed by atoms with E-state index in [2.05, 4.69) is 45.9 Å². The third-order valence-electron chi connectivity index (χ3n) is 5.09. The van der Waals surface area contributed by atoms with Crippen molar-refractivity contribution in [1.29, 1.82) is 0 Å². The van der Waals surface area contributed by atoms with Gasteiger partial charge in [0.05, 0.1) is 0 Å². The van der Waals surface area contributed by atoms with E-state index in [1.165, 1.54) is 31.5 Å². The Hall–Kier alpha value is -1.39. The summed E-state index contributed by atoms with van der Waals surface area (Å²) in [5.74, 6) is 1.68. The van der Waals surface area contributed by atoms with Crippen LogP contribution in [0.1, 0.15) is 25.3 Å². The molecule has 1 amide bonds. The molecule has 1 aromatic rings. The molecule has 0 unspecified atom stereocenters. The number of nitrogens with zero attached hydrogens (tertiary/aromatic N) is 1. The Morgan fingerprint density at radius 2 is 2.00 bits per heavy atom. The van der Waals surface area contributed by atoms with Gasteiger partial charge < -0.3 is 10.6 Å². The summed E-state index contributed by atoms with van der Waals surface area (Å²) in [6, 6.07) is 11.4. The maximum Gasteiger partial charge on any atom is 0.216 e. The number of hydrogen-bond donors (Lipinski definition) is 2. The number of carbonyl (C=O) groups excluding carboxylic acids is 1. The molecule has 1 aromatic carbocycles. The van der Waals surface area contributed by atoms with Crippen molar-refractivity contribution < 1.29 is 4.79 Å². The van der Waals surface area contributed by atoms with Crippen LogP contribution in [-0.4, -0.2) is 43.0 Å². The lowest BCUT2D eigenvalue weighted by Gasteiger charge is -2.22. The van der Waals surface area contributed by atoms with E-state index in [1.807, 2.05) is 0 Å². The maximum atomic E-state index is 10.9. The van der Waals surface area contributed by atoms with Crippen LogP contribution in [0.25, 0.3) is 0 Å². The molecule has 0 bridgehead atoms. The van der Waals surface area contributed by atoms with Crippen LogP contribution in [0.4, 0.5) is 0 Å². The zero-order valence-corrected chi connectivity index (χ0v) is 13.4. The predicted octanol–water partition coefficient (Wildman–Crippen LogP) is 1.62. The first-order valence-electron chi connectivity index (χ1n) is 8.46. The van der Waals surface area contributed by atoms with Gasteiger partial charge in [0.25, 0.3) is 0 Å². The van der Waals surface area contributed by atoms with E-state index in [0.717, 1.165) is 31.5 Å². The van der Waals surface area contributed by atoms with Gasteiger partial charge in [0, 0.05) is 45.7 Å². The first-order valence-corrected chi connectivity index (χ1v) is 8.46. The number of hydrogen-bond acceptors (Lipinski definition) is 3. The molecule has 0 spiro atoms. The molecule has 2 N–H and O–H groups in total. The summed E-state index contributed by atoms with van der Waals surface area (Å²) in [4.78, 5) is 13.5. The second-order valence-corrected chi connectivity index (χ2v) is 6.72. The first-order chi connectivity index (χ1) is 10.7. The van der Waals surface area contributed by atoms with Crippen LogP contribution < -0.4 is 10.6 Å². The van der Waals surface area contributed by atoms with Gasteiger partial charge in [-0.1, -0.05) is 30.3 Å². The van der Waals surface area contributed by atoms with Gasteiger partial charge >= 0.3 is 0 Å². The highest BCUT2D eigenvalue weighted by Gasteiger charge is 2.41. The molecule has 1 heterocycles. The second-order valence-electron chi connectivity index (χ2n) is 6.72. The third kappa shape index (κ3) is 3.87. The molecular formula is C18H27N3O. The van der Waals surface area contributed by atoms with Gasteiger partial charge in [0.2, 0.25) is 5.91 Å². The molecular weight excluding hydrogens is 274 g/mol. The lowest BCUT2D eigenvalue weighted by Crippen LogP contribution is -2.40. The van der Waals surface area contributed by atoms with Crippen molar-refractivity contribution in [3.63, 3.8) is 0 Å². The zero-order chi connectivity index (χ0) is 15.4. The van der Waals surface area contributed by atoms with Crippen molar-refractivity contribution in [3.8, 4) is 0 Å². The number of fused-ring (bicyclic) bond motifs is 1. The van der Waals surface area contributed by atoms with Crippen LogP contribution in [0.15, 0.2) is 30.3 Å². The van der Waals surface area contributed by atoms with Crippen LogP contribution in [0.3, 0.4) is 0 Å². The number of benzene rings is 1. The van der Waals surface area contributed by atoms with Gasteiger partial charge in [0.1, 0.15) is 0 Å². The summed E-state index contributed by atoms with van der Waals surface area (Å²) < 4.78 is 0. The van der Waals surface area contributed by atoms with Crippen molar-refractivity contribution in [3.05, 3.63) is 35.9 Å². The number of likely N-dealkylation sites (tertiary alicyclic amines) is 1. The van der Waals surface area contributed by atoms with E-state index >= 15 is 0 Å². The van der Waals surface area contributed by atoms with Crippen LogP contribution in [0.5, 0.6) is 0 Å². The highest BCUT2D eigenvalue weighted by Crippen LogP contribution is 2.38. The minimum atomic E-state index is 0.0565. The zero-order valence-electron chi connectivity index (χ0n) is 13.4. The van der Waals surface area contributed by atoms with E-state index in [-0.39, 0.29) is 5.91 Å². The van der Waals surface area contributed by atoms with Crippen molar-refractivity contribution >= 4 is 5.91 Å². The lowest BCUT2D eigenvalue weighted by atomic mass is 9.98. The van der Waals surface area contributed by atoms with E-state index in [9.17, 15) is 4.79 Å². The minimum absolute atomic E-state index is 0.0565. The van der Waals surface area contributed by atoms with Crippen molar-refractivity contribution in [2.75, 3.05) is 26.2 Å². The minimum Gasteiger partial charge on any atom is -0.355 e. The Labute approximate surface area is 133 Å². The topological polar surface area (TPSA) is 44.4 Å². The Bertz CT molecular complexity index is 490. The SMILES string of the molecule is CC(=O)NCCN[C@H]1CC[C@@H]2CN(Cc3ccccc3)C[C@@H]21. The predicted molar refractivity (Wildman–Crippen MR) is 88.4 cm³/mol. The standard InChI is InChI=1S/C18H27N3O/c1-14(22)19-9-10-20-18-8-7-16-12-21(13-17(16)18)11-15-5-3-2-4-6-15/h2-6,16-18,20H,7-13H2,1H3,(H,19,22)/t16-,17+,18+/m1/s1. The molecule has 1 aliphatic carbocycles. The van der Waals surface area contributed by atoms with Gasteiger partial charge in [-0.05, 0) is 30.2 Å². The fourth-order valence-corrected chi connectivity index (χ4v) is 4.08. The summed E-state index contributed by atoms with van der Waals surface area (Å²) in [6.45, 7) is 6.71. The smallest absolute Gasteiger partial charge is 0.216 e. The van der Waals surface area contributed by atoms with E-state index in [0.29, 0.717) is 6.04 Å². The normalized spacial score (nSPS) is 27.8. The average Bonchev–Trinajstić information content (AvgIpc) is 3.05. The summed E-state index contributed by atoms with van der Waals surface area (Å²) in [7, 11) is 0. The first kappa shape index (κ1) is 15.5. The van der Waals surface area contributed by atoms with Crippen LogP contribution in [0, 0.1) is 11.8 Å². The van der Waals surface area contributed by atoms with Gasteiger partial charge in [0.15, 0.2) is 0 Å². The number of carbonyl (C=O) groups is 1. The van der Waals surface area contributed by atoms with E-state index < -0.39 is 0 Å². The van der Waals surface area contributed by atoms with Crippen LogP contribution in [-0.2, 0) is 11.3 Å². The highest BCUT2D eigenvalue weighted by atomic mass is 16.1. The molecule has 4 heteroatoms. The molecule has 1 saturated carbocycles. The Morgan fingerprint density at radius 1 is 1.18 bits per heavy atom. The molecule has 1 aliphatic heterocycles. The maximum absolute atomic E-state index is 10.9. The fourth-order valence-electron chi connectivity index (χ4n) is 4.08. The summed E-state index contributed by atoms with van der Waals surface area (Å²) >= 11 is 0.